The van der Waals surface area contributed by atoms with E-state index in [1.165, 1.54) is 6.92 Å². The molecule has 0 aliphatic rings. The molecule has 0 saturated carbocycles. The van der Waals surface area contributed by atoms with Crippen molar-refractivity contribution in [1.29, 1.82) is 0 Å². The molecule has 1 rings (SSSR count). The molecule has 0 aliphatic heterocycles. The highest BCUT2D eigenvalue weighted by atomic mass is 16.5. The molecular weight excluding hydrogens is 214 g/mol. The van der Waals surface area contributed by atoms with Gasteiger partial charge in [0.1, 0.15) is 6.04 Å². The molecular formula is C9H9N3O4. The predicted octanol–water partition coefficient (Wildman–Crippen LogP) is -0.416. The Morgan fingerprint density at radius 2 is 2.38 bits per heavy atom. The highest BCUT2D eigenvalue weighted by molar-refractivity contribution is 5.93. The van der Waals surface area contributed by atoms with E-state index in [1.807, 2.05) is 0 Å². The summed E-state index contributed by atoms with van der Waals surface area (Å²) in [6, 6.07) is -1.16. The largest absolute Gasteiger partial charge is 0.480 e. The highest BCUT2D eigenvalue weighted by Gasteiger charge is 2.22. The van der Waals surface area contributed by atoms with Crippen molar-refractivity contribution in [1.82, 2.24) is 15.5 Å². The molecule has 84 valence electrons. The summed E-state index contributed by atoms with van der Waals surface area (Å²) in [4.78, 5) is 25.8. The lowest BCUT2D eigenvalue weighted by atomic mass is 10.2. The average Bonchev–Trinajstić information content (AvgIpc) is 2.64. The number of aromatic nitrogens is 2. The topological polar surface area (TPSA) is 105 Å². The van der Waals surface area contributed by atoms with E-state index in [0.29, 0.717) is 0 Å². The van der Waals surface area contributed by atoms with E-state index in [9.17, 15) is 9.59 Å². The maximum absolute atomic E-state index is 11.4. The first-order valence-electron chi connectivity index (χ1n) is 4.32. The van der Waals surface area contributed by atoms with Crippen LogP contribution >= 0.6 is 0 Å². The van der Waals surface area contributed by atoms with E-state index in [-0.39, 0.29) is 18.1 Å². The van der Waals surface area contributed by atoms with Crippen molar-refractivity contribution in [3.63, 3.8) is 0 Å². The van der Waals surface area contributed by atoms with Crippen LogP contribution in [0.5, 0.6) is 0 Å². The third kappa shape index (κ3) is 2.81. The second-order valence-corrected chi connectivity index (χ2v) is 2.91. The number of carboxylic acids is 1. The summed E-state index contributed by atoms with van der Waals surface area (Å²) in [6.45, 7) is 1.51. The zero-order chi connectivity index (χ0) is 12.1. The molecule has 0 fully saturated rings. The fourth-order valence-electron chi connectivity index (χ4n) is 0.932. The quantitative estimate of drug-likeness (QED) is 0.672. The van der Waals surface area contributed by atoms with Gasteiger partial charge in [0.15, 0.2) is 0 Å². The number of hydrogen-bond donors (Lipinski definition) is 2. The first-order valence-corrected chi connectivity index (χ1v) is 4.32. The first-order chi connectivity index (χ1) is 7.54. The van der Waals surface area contributed by atoms with Crippen LogP contribution in [-0.4, -0.2) is 33.2 Å². The molecule has 1 atom stereocenters. The van der Waals surface area contributed by atoms with Crippen molar-refractivity contribution >= 4 is 11.9 Å². The average molecular weight is 223 g/mol. The molecule has 16 heavy (non-hydrogen) atoms. The number of nitrogens with zero attached hydrogens (tertiary/aromatic N) is 2. The Morgan fingerprint density at radius 1 is 1.69 bits per heavy atom. The summed E-state index contributed by atoms with van der Waals surface area (Å²) in [6.07, 6.45) is 4.86. The van der Waals surface area contributed by atoms with Crippen LogP contribution in [-0.2, 0) is 4.79 Å². The number of hydrogen-bond acceptors (Lipinski definition) is 5. The van der Waals surface area contributed by atoms with Crippen molar-refractivity contribution in [2.75, 3.05) is 0 Å². The van der Waals surface area contributed by atoms with Gasteiger partial charge in [0.2, 0.25) is 5.89 Å². The Labute approximate surface area is 90.8 Å². The second kappa shape index (κ2) is 4.93. The van der Waals surface area contributed by atoms with Gasteiger partial charge in [0, 0.05) is 13.3 Å². The molecule has 7 heteroatoms. The molecule has 1 aromatic rings. The lowest BCUT2D eigenvalue weighted by Crippen LogP contribution is -2.40. The first kappa shape index (κ1) is 11.7. The Kier molecular flexibility index (Phi) is 3.61. The number of terminal acetylenes is 1. The number of amides is 1. The second-order valence-electron chi connectivity index (χ2n) is 2.91. The van der Waals surface area contributed by atoms with Crippen molar-refractivity contribution < 1.29 is 19.2 Å². The van der Waals surface area contributed by atoms with Crippen LogP contribution in [0.4, 0.5) is 0 Å². The highest BCUT2D eigenvalue weighted by Crippen LogP contribution is 1.97. The van der Waals surface area contributed by atoms with Crippen LogP contribution in [0.1, 0.15) is 22.9 Å². The molecule has 0 saturated heterocycles. The van der Waals surface area contributed by atoms with Gasteiger partial charge in [0.05, 0.1) is 0 Å². The van der Waals surface area contributed by atoms with Crippen LogP contribution in [0.15, 0.2) is 4.52 Å². The maximum atomic E-state index is 11.4. The molecule has 1 aromatic heterocycles. The standard InChI is InChI=1S/C9H9N3O4/c1-3-4-6(9(14)15)11-8(13)7-10-5(2)16-12-7/h1,6H,4H2,2H3,(H,11,13)(H,14,15). The SMILES string of the molecule is C#CCC(NC(=O)c1noc(C)n1)C(=O)O. The van der Waals surface area contributed by atoms with E-state index in [0.717, 1.165) is 0 Å². The lowest BCUT2D eigenvalue weighted by Gasteiger charge is -2.09. The van der Waals surface area contributed by atoms with Gasteiger partial charge in [-0.05, 0) is 0 Å². The summed E-state index contributed by atoms with van der Waals surface area (Å²) in [7, 11) is 0. The van der Waals surface area contributed by atoms with E-state index in [4.69, 9.17) is 11.5 Å². The Bertz CT molecular complexity index is 446. The number of nitrogens with one attached hydrogen (secondary N) is 1. The van der Waals surface area contributed by atoms with Crippen molar-refractivity contribution in [3.05, 3.63) is 11.7 Å². The van der Waals surface area contributed by atoms with Crippen LogP contribution in [0.3, 0.4) is 0 Å². The summed E-state index contributed by atoms with van der Waals surface area (Å²) in [5.41, 5.74) is 0. The summed E-state index contributed by atoms with van der Waals surface area (Å²) < 4.78 is 4.58. The van der Waals surface area contributed by atoms with Gasteiger partial charge in [-0.1, -0.05) is 5.16 Å². The number of rotatable bonds is 4. The molecule has 1 unspecified atom stereocenters. The molecule has 0 aliphatic carbocycles. The van der Waals surface area contributed by atoms with E-state index < -0.39 is 17.9 Å². The summed E-state index contributed by atoms with van der Waals surface area (Å²) in [5.74, 6) is 0.194. The lowest BCUT2D eigenvalue weighted by molar-refractivity contribution is -0.139. The van der Waals surface area contributed by atoms with E-state index >= 15 is 0 Å². The minimum absolute atomic E-state index is 0.113. The molecule has 1 amide bonds. The number of aryl methyl sites for hydroxylation is 1. The summed E-state index contributed by atoms with van der Waals surface area (Å²) in [5, 5.41) is 14.3. The van der Waals surface area contributed by atoms with Crippen molar-refractivity contribution in [3.8, 4) is 12.3 Å². The number of carbonyl (C=O) groups is 2. The van der Waals surface area contributed by atoms with Gasteiger partial charge in [-0.2, -0.15) is 4.98 Å². The Morgan fingerprint density at radius 3 is 2.81 bits per heavy atom. The summed E-state index contributed by atoms with van der Waals surface area (Å²) >= 11 is 0. The number of carbonyl (C=O) groups excluding carboxylic acids is 1. The van der Waals surface area contributed by atoms with Crippen LogP contribution in [0, 0.1) is 19.3 Å². The van der Waals surface area contributed by atoms with Gasteiger partial charge in [0.25, 0.3) is 11.7 Å². The Balaban J connectivity index is 2.69. The van der Waals surface area contributed by atoms with Crippen LogP contribution in [0.25, 0.3) is 0 Å². The minimum Gasteiger partial charge on any atom is -0.480 e. The van der Waals surface area contributed by atoms with Crippen molar-refractivity contribution in [2.45, 2.75) is 19.4 Å². The molecule has 1 heterocycles. The zero-order valence-electron chi connectivity index (χ0n) is 8.43. The van der Waals surface area contributed by atoms with Gasteiger partial charge in [-0.25, -0.2) is 4.79 Å². The van der Waals surface area contributed by atoms with Gasteiger partial charge < -0.3 is 14.9 Å². The normalized spacial score (nSPS) is 11.5. The van der Waals surface area contributed by atoms with Crippen molar-refractivity contribution in [2.24, 2.45) is 0 Å². The fourth-order valence-corrected chi connectivity index (χ4v) is 0.932. The molecule has 2 N–H and O–H groups in total. The van der Waals surface area contributed by atoms with Gasteiger partial charge in [-0.3, -0.25) is 4.79 Å². The zero-order valence-corrected chi connectivity index (χ0v) is 8.43. The monoisotopic (exact) mass is 223 g/mol. The molecule has 7 nitrogen and oxygen atoms in total. The number of aliphatic carboxylic acids is 1. The molecule has 0 radical (unpaired) electrons. The number of carboxylic acid groups (broad SMARTS) is 1. The molecule has 0 spiro atoms. The molecule has 0 aromatic carbocycles. The predicted molar refractivity (Wildman–Crippen MR) is 51.4 cm³/mol. The van der Waals surface area contributed by atoms with Crippen LogP contribution in [0.2, 0.25) is 0 Å². The van der Waals surface area contributed by atoms with E-state index in [1.54, 1.807) is 0 Å². The van der Waals surface area contributed by atoms with Gasteiger partial charge in [-0.15, -0.1) is 12.3 Å². The van der Waals surface area contributed by atoms with Gasteiger partial charge >= 0.3 is 5.97 Å². The maximum Gasteiger partial charge on any atom is 0.327 e. The third-order valence-corrected chi connectivity index (χ3v) is 1.66. The third-order valence-electron chi connectivity index (χ3n) is 1.66. The van der Waals surface area contributed by atoms with E-state index in [2.05, 4.69) is 25.9 Å². The fraction of sp³-hybridized carbons (Fsp3) is 0.333. The van der Waals surface area contributed by atoms with Crippen LogP contribution < -0.4 is 5.32 Å². The smallest absolute Gasteiger partial charge is 0.327 e. The minimum atomic E-state index is -1.22. The molecule has 0 bridgehead atoms. The Hall–Kier alpha value is -2.36.